The Morgan fingerprint density at radius 1 is 0.234 bits per heavy atom. The van der Waals surface area contributed by atoms with Crippen LogP contribution >= 0.6 is 0 Å². The number of aryl methyl sites for hydroxylation is 1. The Hall–Kier alpha value is -5.98. The van der Waals surface area contributed by atoms with Crippen molar-refractivity contribution < 1.29 is 0 Å². The molecule has 0 heteroatoms. The van der Waals surface area contributed by atoms with Crippen molar-refractivity contribution in [1.29, 1.82) is 0 Å². The van der Waals surface area contributed by atoms with Gasteiger partial charge in [-0.1, -0.05) is 170 Å². The van der Waals surface area contributed by atoms with Crippen molar-refractivity contribution in [3.05, 3.63) is 181 Å². The van der Waals surface area contributed by atoms with Crippen LogP contribution in [0.3, 0.4) is 0 Å². The second-order valence-corrected chi connectivity index (χ2v) is 12.5. The molecule has 0 nitrogen and oxygen atoms in total. The highest BCUT2D eigenvalue weighted by Crippen LogP contribution is 2.46. The summed E-state index contributed by atoms with van der Waals surface area (Å²) >= 11 is 0. The van der Waals surface area contributed by atoms with Gasteiger partial charge in [0.25, 0.3) is 0 Å². The van der Waals surface area contributed by atoms with Gasteiger partial charge >= 0.3 is 0 Å². The van der Waals surface area contributed by atoms with E-state index in [1.54, 1.807) is 0 Å². The summed E-state index contributed by atoms with van der Waals surface area (Å²) in [4.78, 5) is 0. The summed E-state index contributed by atoms with van der Waals surface area (Å²) in [5.41, 5.74) is 11.4. The van der Waals surface area contributed by atoms with Gasteiger partial charge in [0.1, 0.15) is 0 Å². The zero-order chi connectivity index (χ0) is 31.3. The third-order valence-electron chi connectivity index (χ3n) is 9.86. The van der Waals surface area contributed by atoms with E-state index in [1.807, 2.05) is 0 Å². The van der Waals surface area contributed by atoms with Crippen molar-refractivity contribution in [2.24, 2.45) is 0 Å². The highest BCUT2D eigenvalue weighted by molar-refractivity contribution is 6.22. The summed E-state index contributed by atoms with van der Waals surface area (Å²) in [7, 11) is 0. The first-order chi connectivity index (χ1) is 23.3. The molecule has 0 heterocycles. The smallest absolute Gasteiger partial charge is 0.00262 e. The Kier molecular flexibility index (Phi) is 6.47. The van der Waals surface area contributed by atoms with Crippen LogP contribution in [0.15, 0.2) is 176 Å². The normalized spacial score (nSPS) is 11.5. The molecular formula is C47H32. The van der Waals surface area contributed by atoms with E-state index in [1.165, 1.54) is 93.2 Å². The van der Waals surface area contributed by atoms with Crippen LogP contribution in [-0.4, -0.2) is 0 Å². The Bertz CT molecular complexity index is 2540. The molecule has 9 aromatic rings. The van der Waals surface area contributed by atoms with Crippen molar-refractivity contribution >= 4 is 43.1 Å². The van der Waals surface area contributed by atoms with Crippen molar-refractivity contribution in [3.8, 4) is 44.5 Å². The number of fused-ring (bicyclic) bond motifs is 4. The molecule has 0 N–H and O–H groups in total. The van der Waals surface area contributed by atoms with Gasteiger partial charge in [-0.2, -0.15) is 0 Å². The molecule has 0 bridgehead atoms. The second-order valence-electron chi connectivity index (χ2n) is 12.5. The van der Waals surface area contributed by atoms with Crippen LogP contribution in [0.5, 0.6) is 0 Å². The minimum atomic E-state index is 1.22. The van der Waals surface area contributed by atoms with E-state index in [4.69, 9.17) is 0 Å². The van der Waals surface area contributed by atoms with Crippen LogP contribution in [0.1, 0.15) is 5.56 Å². The zero-order valence-electron chi connectivity index (χ0n) is 26.2. The molecule has 47 heavy (non-hydrogen) atoms. The van der Waals surface area contributed by atoms with Crippen LogP contribution in [0.2, 0.25) is 0 Å². The SMILES string of the molecule is Cc1c2ccccc2c(-c2ccc(-c3c4ccccc4c(-c4ccccc4)c4cc(-c5ccccc5)ccc34)cc2)c2ccccc12. The average Bonchev–Trinajstić information content (AvgIpc) is 3.15. The molecule has 0 fully saturated rings. The molecule has 0 amide bonds. The van der Waals surface area contributed by atoms with Crippen molar-refractivity contribution in [2.45, 2.75) is 6.92 Å². The van der Waals surface area contributed by atoms with E-state index in [0.29, 0.717) is 0 Å². The fraction of sp³-hybridized carbons (Fsp3) is 0.0213. The molecular weight excluding hydrogens is 565 g/mol. The summed E-state index contributed by atoms with van der Waals surface area (Å²) < 4.78 is 0. The lowest BCUT2D eigenvalue weighted by atomic mass is 9.84. The van der Waals surface area contributed by atoms with Gasteiger partial charge in [0.2, 0.25) is 0 Å². The molecule has 0 aliphatic rings. The summed E-state index contributed by atoms with van der Waals surface area (Å²) in [6.07, 6.45) is 0. The van der Waals surface area contributed by atoms with Crippen molar-refractivity contribution in [3.63, 3.8) is 0 Å². The number of hydrogen-bond donors (Lipinski definition) is 0. The van der Waals surface area contributed by atoms with Gasteiger partial charge < -0.3 is 0 Å². The van der Waals surface area contributed by atoms with Gasteiger partial charge in [-0.25, -0.2) is 0 Å². The standard InChI is InChI=1S/C47H32/c1-31-37-18-8-10-20-39(37)45(40-21-11-9-19-38(31)40)34-24-26-35(27-25-34)46-41-22-12-13-23-42(41)47(33-16-6-3-7-17-33)44-30-36(28-29-43(44)46)32-14-4-2-5-15-32/h2-30H,1H3. The number of hydrogen-bond acceptors (Lipinski definition) is 0. The van der Waals surface area contributed by atoms with E-state index in [9.17, 15) is 0 Å². The second kappa shape index (κ2) is 11.1. The highest BCUT2D eigenvalue weighted by Gasteiger charge is 2.18. The third-order valence-corrected chi connectivity index (χ3v) is 9.86. The van der Waals surface area contributed by atoms with Crippen LogP contribution in [-0.2, 0) is 0 Å². The Morgan fingerprint density at radius 3 is 1.04 bits per heavy atom. The molecule has 0 radical (unpaired) electrons. The fourth-order valence-electron chi connectivity index (χ4n) is 7.68. The number of rotatable bonds is 4. The van der Waals surface area contributed by atoms with E-state index in [2.05, 4.69) is 183 Å². The van der Waals surface area contributed by atoms with E-state index >= 15 is 0 Å². The Morgan fingerprint density at radius 2 is 0.553 bits per heavy atom. The van der Waals surface area contributed by atoms with Crippen LogP contribution in [0.25, 0.3) is 87.6 Å². The molecule has 220 valence electrons. The predicted octanol–water partition coefficient (Wildman–Crippen LogP) is 13.3. The minimum Gasteiger partial charge on any atom is -0.0622 e. The van der Waals surface area contributed by atoms with Crippen molar-refractivity contribution in [1.82, 2.24) is 0 Å². The topological polar surface area (TPSA) is 0 Å². The molecule has 9 aromatic carbocycles. The minimum absolute atomic E-state index is 1.22. The molecule has 0 aliphatic carbocycles. The summed E-state index contributed by atoms with van der Waals surface area (Å²) in [5.74, 6) is 0. The molecule has 0 unspecified atom stereocenters. The van der Waals surface area contributed by atoms with E-state index in [-0.39, 0.29) is 0 Å². The maximum absolute atomic E-state index is 2.39. The maximum Gasteiger partial charge on any atom is -0.00262 e. The van der Waals surface area contributed by atoms with Crippen LogP contribution in [0.4, 0.5) is 0 Å². The van der Waals surface area contributed by atoms with Gasteiger partial charge in [0, 0.05) is 0 Å². The Labute approximate surface area is 275 Å². The Balaban J connectivity index is 1.31. The van der Waals surface area contributed by atoms with E-state index < -0.39 is 0 Å². The quantitative estimate of drug-likeness (QED) is 0.177. The summed E-state index contributed by atoms with van der Waals surface area (Å²) in [6, 6.07) is 64.4. The molecule has 0 atom stereocenters. The summed E-state index contributed by atoms with van der Waals surface area (Å²) in [5, 5.41) is 10.3. The molecule has 0 aromatic heterocycles. The lowest BCUT2D eigenvalue weighted by molar-refractivity contribution is 1.57. The van der Waals surface area contributed by atoms with Crippen LogP contribution in [0, 0.1) is 6.92 Å². The van der Waals surface area contributed by atoms with Gasteiger partial charge in [-0.3, -0.25) is 0 Å². The lowest BCUT2D eigenvalue weighted by Gasteiger charge is -2.19. The van der Waals surface area contributed by atoms with Crippen LogP contribution < -0.4 is 0 Å². The fourth-order valence-corrected chi connectivity index (χ4v) is 7.68. The zero-order valence-corrected chi connectivity index (χ0v) is 26.2. The number of benzene rings is 9. The lowest BCUT2D eigenvalue weighted by Crippen LogP contribution is -1.92. The summed E-state index contributed by atoms with van der Waals surface area (Å²) in [6.45, 7) is 2.25. The largest absolute Gasteiger partial charge is 0.0622 e. The van der Waals surface area contributed by atoms with Gasteiger partial charge in [-0.15, -0.1) is 0 Å². The van der Waals surface area contributed by atoms with E-state index in [0.717, 1.165) is 0 Å². The molecule has 0 aliphatic heterocycles. The maximum atomic E-state index is 2.39. The van der Waals surface area contributed by atoms with Gasteiger partial charge in [0.05, 0.1) is 0 Å². The molecule has 9 rings (SSSR count). The first kappa shape index (κ1) is 27.3. The van der Waals surface area contributed by atoms with Gasteiger partial charge in [-0.05, 0) is 106 Å². The van der Waals surface area contributed by atoms with Gasteiger partial charge in [0.15, 0.2) is 0 Å². The molecule has 0 spiro atoms. The molecule has 0 saturated heterocycles. The third kappa shape index (κ3) is 4.45. The first-order valence-corrected chi connectivity index (χ1v) is 16.4. The highest BCUT2D eigenvalue weighted by atomic mass is 14.2. The first-order valence-electron chi connectivity index (χ1n) is 16.4. The monoisotopic (exact) mass is 596 g/mol. The van der Waals surface area contributed by atoms with Crippen molar-refractivity contribution in [2.75, 3.05) is 0 Å². The predicted molar refractivity (Wildman–Crippen MR) is 203 cm³/mol. The average molecular weight is 597 g/mol. The molecule has 0 saturated carbocycles.